The van der Waals surface area contributed by atoms with Crippen LogP contribution in [0.25, 0.3) is 0 Å². The minimum absolute atomic E-state index is 0.117. The monoisotopic (exact) mass is 883 g/mol. The van der Waals surface area contributed by atoms with Crippen LogP contribution in [0.3, 0.4) is 0 Å². The number of allylic oxidation sites excluding steroid dienone is 22. The summed E-state index contributed by atoms with van der Waals surface area (Å²) in [7, 11) is 0. The largest absolute Gasteiger partial charge is 0.462 e. The highest BCUT2D eigenvalue weighted by Crippen LogP contribution is 2.12. The Kier molecular flexibility index (Phi) is 47.6. The van der Waals surface area contributed by atoms with Gasteiger partial charge >= 0.3 is 17.9 Å². The summed E-state index contributed by atoms with van der Waals surface area (Å²) < 4.78 is 16.6. The van der Waals surface area contributed by atoms with Gasteiger partial charge in [-0.05, 0) is 109 Å². The molecular weight excluding hydrogens is 793 g/mol. The second-order valence-electron chi connectivity index (χ2n) is 16.0. The third-order valence-electron chi connectivity index (χ3n) is 9.90. The average Bonchev–Trinajstić information content (AvgIpc) is 3.29. The van der Waals surface area contributed by atoms with Gasteiger partial charge in [0.2, 0.25) is 0 Å². The normalized spacial score (nSPS) is 13.2. The molecule has 0 saturated carbocycles. The number of ether oxygens (including phenoxy) is 3. The van der Waals surface area contributed by atoms with E-state index in [1.54, 1.807) is 0 Å². The van der Waals surface area contributed by atoms with Gasteiger partial charge in [-0.15, -0.1) is 0 Å². The number of rotatable bonds is 43. The molecule has 358 valence electrons. The Morgan fingerprint density at radius 3 is 1.02 bits per heavy atom. The van der Waals surface area contributed by atoms with E-state index in [0.29, 0.717) is 19.3 Å². The quantitative estimate of drug-likeness (QED) is 0.0263. The fourth-order valence-electron chi connectivity index (χ4n) is 6.18. The standard InChI is InChI=1S/C58H90O6/c1-4-7-10-13-16-19-21-23-25-26-27-28-29-30-31-32-34-35-37-39-42-45-48-51-57(60)63-54-55(53-62-56(59)50-47-44-41-18-15-12-9-6-3)64-58(61)52-49-46-43-40-38-36-33-24-22-20-17-14-11-8-5-2/h7-8,10-11,16-17,19-20,23-25,27-28,30-31,33-35,38-40,42,55H,4-6,9,12-15,18,21-22,26,29,32,36-37,41,43-54H2,1-3H3/b10-7-,11-8-,19-16-,20-17-,25-23-,28-27-,31-30-,33-24-,35-34-,40-38-,42-39-. The molecule has 0 aromatic carbocycles. The van der Waals surface area contributed by atoms with E-state index in [-0.39, 0.29) is 44.0 Å². The highest BCUT2D eigenvalue weighted by Gasteiger charge is 2.19. The fourth-order valence-corrected chi connectivity index (χ4v) is 6.18. The lowest BCUT2D eigenvalue weighted by molar-refractivity contribution is -0.167. The van der Waals surface area contributed by atoms with Gasteiger partial charge in [0.1, 0.15) is 13.2 Å². The number of hydrogen-bond donors (Lipinski definition) is 0. The maximum Gasteiger partial charge on any atom is 0.306 e. The van der Waals surface area contributed by atoms with Crippen molar-refractivity contribution >= 4 is 17.9 Å². The minimum atomic E-state index is -0.824. The molecule has 0 heterocycles. The Balaban J connectivity index is 4.48. The zero-order valence-corrected chi connectivity index (χ0v) is 40.7. The topological polar surface area (TPSA) is 78.9 Å². The zero-order chi connectivity index (χ0) is 46.5. The van der Waals surface area contributed by atoms with E-state index in [1.807, 2.05) is 0 Å². The van der Waals surface area contributed by atoms with Gasteiger partial charge in [0, 0.05) is 19.3 Å². The SMILES string of the molecule is CC/C=C\C/C=C\C/C=C\C/C=C\C/C=C\C/C=C\C/C=C\CCCC(=O)OCC(COC(=O)CCCCCCCCCC)OC(=O)CCCC/C=C\C/C=C\C/C=C\C/C=C\CC. The van der Waals surface area contributed by atoms with Gasteiger partial charge in [0.15, 0.2) is 6.10 Å². The first-order valence-corrected chi connectivity index (χ1v) is 25.2. The molecule has 0 aliphatic heterocycles. The molecular formula is C58H90O6. The summed E-state index contributed by atoms with van der Waals surface area (Å²) in [6.45, 7) is 6.26. The third kappa shape index (κ3) is 48.6. The fraction of sp³-hybridized carbons (Fsp3) is 0.569. The van der Waals surface area contributed by atoms with Gasteiger partial charge in [-0.25, -0.2) is 0 Å². The van der Waals surface area contributed by atoms with E-state index in [1.165, 1.54) is 32.1 Å². The molecule has 1 unspecified atom stereocenters. The summed E-state index contributed by atoms with van der Waals surface area (Å²) in [5.41, 5.74) is 0. The van der Waals surface area contributed by atoms with Crippen molar-refractivity contribution in [3.05, 3.63) is 134 Å². The molecule has 0 amide bonds. The summed E-state index contributed by atoms with van der Waals surface area (Å²) >= 11 is 0. The van der Waals surface area contributed by atoms with Crippen molar-refractivity contribution in [1.29, 1.82) is 0 Å². The summed E-state index contributed by atoms with van der Waals surface area (Å²) in [4.78, 5) is 37.8. The lowest BCUT2D eigenvalue weighted by Gasteiger charge is -2.18. The summed E-state index contributed by atoms with van der Waals surface area (Å²) in [5.74, 6) is -1.04. The Labute approximate surface area is 392 Å². The maximum absolute atomic E-state index is 12.7. The predicted molar refractivity (Wildman–Crippen MR) is 274 cm³/mol. The molecule has 0 saturated heterocycles. The lowest BCUT2D eigenvalue weighted by Crippen LogP contribution is -2.30. The first kappa shape index (κ1) is 59.5. The van der Waals surface area contributed by atoms with Crippen LogP contribution in [-0.2, 0) is 28.6 Å². The first-order chi connectivity index (χ1) is 31.5. The first-order valence-electron chi connectivity index (χ1n) is 25.2. The molecule has 0 aliphatic rings. The van der Waals surface area contributed by atoms with Gasteiger partial charge in [-0.1, -0.05) is 199 Å². The van der Waals surface area contributed by atoms with Crippen molar-refractivity contribution in [2.24, 2.45) is 0 Å². The Morgan fingerprint density at radius 1 is 0.328 bits per heavy atom. The lowest BCUT2D eigenvalue weighted by atomic mass is 10.1. The summed E-state index contributed by atoms with van der Waals surface area (Å²) in [6.07, 6.45) is 71.7. The number of carbonyl (C=O) groups excluding carboxylic acids is 3. The van der Waals surface area contributed by atoms with Crippen molar-refractivity contribution in [3.8, 4) is 0 Å². The van der Waals surface area contributed by atoms with Crippen LogP contribution >= 0.6 is 0 Å². The van der Waals surface area contributed by atoms with Crippen LogP contribution in [0.1, 0.15) is 194 Å². The van der Waals surface area contributed by atoms with Crippen molar-refractivity contribution < 1.29 is 28.6 Å². The van der Waals surface area contributed by atoms with Crippen molar-refractivity contribution in [1.82, 2.24) is 0 Å². The molecule has 0 aromatic rings. The Hall–Kier alpha value is -4.45. The summed E-state index contributed by atoms with van der Waals surface area (Å²) in [6, 6.07) is 0. The summed E-state index contributed by atoms with van der Waals surface area (Å²) in [5, 5.41) is 0. The van der Waals surface area contributed by atoms with Crippen LogP contribution in [0.2, 0.25) is 0 Å². The van der Waals surface area contributed by atoms with Crippen LogP contribution in [0.15, 0.2) is 134 Å². The van der Waals surface area contributed by atoms with Crippen LogP contribution < -0.4 is 0 Å². The Morgan fingerprint density at radius 2 is 0.625 bits per heavy atom. The molecule has 64 heavy (non-hydrogen) atoms. The van der Waals surface area contributed by atoms with Crippen LogP contribution in [0, 0.1) is 0 Å². The molecule has 0 radical (unpaired) electrons. The second-order valence-corrected chi connectivity index (χ2v) is 16.0. The van der Waals surface area contributed by atoms with Gasteiger partial charge in [-0.2, -0.15) is 0 Å². The molecule has 0 fully saturated rings. The molecule has 0 rings (SSSR count). The van der Waals surface area contributed by atoms with E-state index in [9.17, 15) is 14.4 Å². The minimum Gasteiger partial charge on any atom is -0.462 e. The van der Waals surface area contributed by atoms with Gasteiger partial charge in [0.25, 0.3) is 0 Å². The highest BCUT2D eigenvalue weighted by atomic mass is 16.6. The highest BCUT2D eigenvalue weighted by molar-refractivity contribution is 5.71. The Bertz CT molecular complexity index is 1430. The van der Waals surface area contributed by atoms with E-state index in [2.05, 4.69) is 154 Å². The molecule has 0 bridgehead atoms. The van der Waals surface area contributed by atoms with E-state index >= 15 is 0 Å². The molecule has 0 N–H and O–H groups in total. The zero-order valence-electron chi connectivity index (χ0n) is 40.7. The molecule has 6 nitrogen and oxygen atoms in total. The molecule has 0 aliphatic carbocycles. The van der Waals surface area contributed by atoms with Gasteiger partial charge < -0.3 is 14.2 Å². The van der Waals surface area contributed by atoms with Crippen molar-refractivity contribution in [3.63, 3.8) is 0 Å². The van der Waals surface area contributed by atoms with E-state index in [4.69, 9.17) is 14.2 Å². The van der Waals surface area contributed by atoms with Crippen LogP contribution in [0.5, 0.6) is 0 Å². The average molecular weight is 883 g/mol. The van der Waals surface area contributed by atoms with Gasteiger partial charge in [0.05, 0.1) is 0 Å². The van der Waals surface area contributed by atoms with E-state index < -0.39 is 6.10 Å². The number of unbranched alkanes of at least 4 members (excludes halogenated alkanes) is 10. The molecule has 0 aromatic heterocycles. The molecule has 1 atom stereocenters. The third-order valence-corrected chi connectivity index (χ3v) is 9.90. The number of carbonyl (C=O) groups is 3. The van der Waals surface area contributed by atoms with Crippen molar-refractivity contribution in [2.75, 3.05) is 13.2 Å². The van der Waals surface area contributed by atoms with Crippen LogP contribution in [-0.4, -0.2) is 37.2 Å². The van der Waals surface area contributed by atoms with Gasteiger partial charge in [-0.3, -0.25) is 14.4 Å². The molecule has 0 spiro atoms. The van der Waals surface area contributed by atoms with Crippen LogP contribution in [0.4, 0.5) is 0 Å². The number of esters is 3. The second kappa shape index (κ2) is 51.2. The predicted octanol–water partition coefficient (Wildman–Crippen LogP) is 16.7. The molecule has 6 heteroatoms. The van der Waals surface area contributed by atoms with Crippen molar-refractivity contribution in [2.45, 2.75) is 200 Å². The number of hydrogen-bond acceptors (Lipinski definition) is 6. The van der Waals surface area contributed by atoms with E-state index in [0.717, 1.165) is 109 Å². The maximum atomic E-state index is 12.7. The smallest absolute Gasteiger partial charge is 0.306 e.